The fourth-order valence-electron chi connectivity index (χ4n) is 5.94. The Morgan fingerprint density at radius 2 is 0.860 bits per heavy atom. The van der Waals surface area contributed by atoms with E-state index >= 15 is 0 Å². The third-order valence-electron chi connectivity index (χ3n) is 7.99. The van der Waals surface area contributed by atoms with Crippen molar-refractivity contribution in [2.45, 2.75) is 0 Å². The number of para-hydroxylation sites is 1. The molecule has 0 N–H and O–H groups in total. The molecular weight excluding hydrogens is 520 g/mol. The van der Waals surface area contributed by atoms with Crippen molar-refractivity contribution in [3.8, 4) is 33.4 Å². The molecule has 0 fully saturated rings. The van der Waals surface area contributed by atoms with E-state index in [-0.39, 0.29) is 50.0 Å². The Morgan fingerprint density at radius 3 is 1.51 bits per heavy atom. The molecule has 0 aliphatic rings. The number of furan rings is 1. The average Bonchev–Trinajstić information content (AvgIpc) is 3.57. The number of fused-ring (bicyclic) bond motifs is 9. The van der Waals surface area contributed by atoms with Crippen molar-refractivity contribution in [1.29, 1.82) is 0 Å². The van der Waals surface area contributed by atoms with Crippen LogP contribution in [0.2, 0.25) is 0 Å². The SMILES string of the molecule is [2H]c1c([2H])c([2H])c2c(c1[2H])c1c([2H])c([2H])c([2H])c([2H])c1c1c([2H])c(-c3cccc(-c4cccc(-c5ccc6oc7ccccc7c6c5)c4)c3)c([2H])c([2H])c21. The Hall–Kier alpha value is -5.66. The van der Waals surface area contributed by atoms with Crippen LogP contribution in [0.3, 0.4) is 0 Å². The molecule has 0 saturated carbocycles. The third-order valence-corrected chi connectivity index (χ3v) is 7.99. The van der Waals surface area contributed by atoms with Crippen LogP contribution in [0.1, 0.15) is 15.1 Å². The average molecular weight is 558 g/mol. The summed E-state index contributed by atoms with van der Waals surface area (Å²) in [5.74, 6) is 0. The van der Waals surface area contributed by atoms with Crippen LogP contribution in [0.4, 0.5) is 0 Å². The van der Waals surface area contributed by atoms with Crippen LogP contribution >= 0.6 is 0 Å². The Labute approximate surface area is 264 Å². The molecule has 8 aromatic carbocycles. The highest BCUT2D eigenvalue weighted by Gasteiger charge is 2.11. The predicted octanol–water partition coefficient (Wildman–Crippen LogP) is 12.0. The maximum atomic E-state index is 9.56. The molecule has 43 heavy (non-hydrogen) atoms. The first-order valence-corrected chi connectivity index (χ1v) is 13.9. The van der Waals surface area contributed by atoms with E-state index in [2.05, 4.69) is 6.07 Å². The van der Waals surface area contributed by atoms with Gasteiger partial charge in [-0.1, -0.05) is 121 Å². The summed E-state index contributed by atoms with van der Waals surface area (Å²) in [6, 6.07) is 23.6. The second-order valence-corrected chi connectivity index (χ2v) is 10.5. The summed E-state index contributed by atoms with van der Waals surface area (Å²) in [5, 5.41) is 1.15. The zero-order valence-electron chi connectivity index (χ0n) is 33.6. The van der Waals surface area contributed by atoms with E-state index in [4.69, 9.17) is 15.4 Å². The van der Waals surface area contributed by atoms with E-state index in [0.717, 1.165) is 44.2 Å². The van der Waals surface area contributed by atoms with Crippen LogP contribution in [0, 0.1) is 0 Å². The summed E-state index contributed by atoms with van der Waals surface area (Å²) in [7, 11) is 0. The Bertz CT molecular complexity index is 3090. The first-order valence-electron chi connectivity index (χ1n) is 19.4. The quantitative estimate of drug-likeness (QED) is 0.197. The van der Waals surface area contributed by atoms with Gasteiger partial charge in [-0.05, 0) is 102 Å². The van der Waals surface area contributed by atoms with E-state index in [1.165, 1.54) is 0 Å². The van der Waals surface area contributed by atoms with E-state index in [1.807, 2.05) is 72.8 Å². The molecule has 1 nitrogen and oxygen atoms in total. The zero-order chi connectivity index (χ0) is 37.9. The molecule has 0 radical (unpaired) electrons. The summed E-state index contributed by atoms with van der Waals surface area (Å²) in [5.41, 5.74) is 5.67. The van der Waals surface area contributed by atoms with Crippen LogP contribution in [0.25, 0.3) is 87.6 Å². The molecule has 1 aromatic heterocycles. The minimum atomic E-state index is -0.600. The summed E-state index contributed by atoms with van der Waals surface area (Å²) >= 11 is 0. The Kier molecular flexibility index (Phi) is 3.41. The summed E-state index contributed by atoms with van der Waals surface area (Å²) in [6.07, 6.45) is 0. The molecule has 0 amide bonds. The highest BCUT2D eigenvalue weighted by Crippen LogP contribution is 2.38. The van der Waals surface area contributed by atoms with Gasteiger partial charge in [0.1, 0.15) is 11.2 Å². The summed E-state index contributed by atoms with van der Waals surface area (Å²) in [6.45, 7) is 0. The molecule has 0 aliphatic carbocycles. The molecular formula is C42H26O. The number of hydrogen-bond donors (Lipinski definition) is 0. The lowest BCUT2D eigenvalue weighted by atomic mass is 9.91. The van der Waals surface area contributed by atoms with Gasteiger partial charge in [0.15, 0.2) is 0 Å². The van der Waals surface area contributed by atoms with Crippen molar-refractivity contribution < 1.29 is 19.5 Å². The lowest BCUT2D eigenvalue weighted by molar-refractivity contribution is 0.669. The molecule has 1 heteroatoms. The largest absolute Gasteiger partial charge is 0.456 e. The third kappa shape index (κ3) is 3.86. The normalized spacial score (nSPS) is 15.3. The minimum Gasteiger partial charge on any atom is -0.456 e. The lowest BCUT2D eigenvalue weighted by Crippen LogP contribution is -1.86. The monoisotopic (exact) mass is 557 g/mol. The van der Waals surface area contributed by atoms with E-state index in [1.54, 1.807) is 12.1 Å². The van der Waals surface area contributed by atoms with Gasteiger partial charge in [-0.2, -0.15) is 0 Å². The first-order chi connectivity index (χ1) is 25.9. The topological polar surface area (TPSA) is 13.1 Å². The van der Waals surface area contributed by atoms with Crippen molar-refractivity contribution in [3.05, 3.63) is 157 Å². The lowest BCUT2D eigenvalue weighted by Gasteiger charge is -2.13. The summed E-state index contributed by atoms with van der Waals surface area (Å²) in [4.78, 5) is 0. The van der Waals surface area contributed by atoms with Gasteiger partial charge in [0.25, 0.3) is 0 Å². The fourth-order valence-corrected chi connectivity index (χ4v) is 5.94. The molecule has 200 valence electrons. The fraction of sp³-hybridized carbons (Fsp3) is 0. The summed E-state index contributed by atoms with van der Waals surface area (Å²) < 4.78 is 103. The van der Waals surface area contributed by atoms with Crippen LogP contribution in [0.15, 0.2) is 162 Å². The number of benzene rings is 8. The van der Waals surface area contributed by atoms with Gasteiger partial charge in [0.2, 0.25) is 0 Å². The van der Waals surface area contributed by atoms with Crippen LogP contribution in [-0.2, 0) is 0 Å². The predicted molar refractivity (Wildman–Crippen MR) is 183 cm³/mol. The zero-order valence-corrected chi connectivity index (χ0v) is 22.6. The van der Waals surface area contributed by atoms with Crippen molar-refractivity contribution >= 4 is 54.3 Å². The maximum Gasteiger partial charge on any atom is 0.135 e. The molecule has 9 aromatic rings. The number of rotatable bonds is 3. The molecule has 0 saturated heterocycles. The second-order valence-electron chi connectivity index (χ2n) is 10.5. The molecule has 0 bridgehead atoms. The van der Waals surface area contributed by atoms with Crippen LogP contribution in [0.5, 0.6) is 0 Å². The van der Waals surface area contributed by atoms with Gasteiger partial charge in [0.05, 0.1) is 15.1 Å². The molecule has 9 rings (SSSR count). The van der Waals surface area contributed by atoms with Gasteiger partial charge in [-0.15, -0.1) is 0 Å². The van der Waals surface area contributed by atoms with Gasteiger partial charge in [-0.3, -0.25) is 0 Å². The minimum absolute atomic E-state index is 0.0525. The van der Waals surface area contributed by atoms with E-state index in [9.17, 15) is 4.11 Å². The molecule has 0 unspecified atom stereocenters. The Morgan fingerprint density at radius 1 is 0.349 bits per heavy atom. The van der Waals surface area contributed by atoms with Crippen molar-refractivity contribution in [3.63, 3.8) is 0 Å². The smallest absolute Gasteiger partial charge is 0.135 e. The van der Waals surface area contributed by atoms with Crippen molar-refractivity contribution in [1.82, 2.24) is 0 Å². The highest BCUT2D eigenvalue weighted by molar-refractivity contribution is 6.25. The number of hydrogen-bond acceptors (Lipinski definition) is 1. The Balaban J connectivity index is 1.28. The van der Waals surface area contributed by atoms with Gasteiger partial charge in [-0.25, -0.2) is 0 Å². The van der Waals surface area contributed by atoms with E-state index in [0.29, 0.717) is 5.56 Å². The van der Waals surface area contributed by atoms with Crippen LogP contribution < -0.4 is 0 Å². The van der Waals surface area contributed by atoms with Crippen molar-refractivity contribution in [2.24, 2.45) is 0 Å². The molecule has 0 spiro atoms. The van der Waals surface area contributed by atoms with Gasteiger partial charge >= 0.3 is 0 Å². The molecule has 0 atom stereocenters. The second kappa shape index (κ2) is 9.44. The van der Waals surface area contributed by atoms with E-state index < -0.39 is 54.4 Å². The van der Waals surface area contributed by atoms with Gasteiger partial charge < -0.3 is 4.42 Å². The van der Waals surface area contributed by atoms with Crippen LogP contribution in [-0.4, -0.2) is 0 Å². The highest BCUT2D eigenvalue weighted by atomic mass is 16.3. The first kappa shape index (κ1) is 15.5. The standard InChI is InChI=1S/C42H26O/c1-2-15-35-33(13-1)34-14-3-4-16-36(34)39-25-31(19-21-37(35)39)29-11-7-9-27(23-29)28-10-8-12-30(24-28)32-20-22-42-40(26-32)38-17-5-6-18-41(38)43-42/h1-26H/i1D,2D,3D,4D,13D,14D,15D,16D,19D,21D,25D. The van der Waals surface area contributed by atoms with Crippen molar-refractivity contribution in [2.75, 3.05) is 0 Å². The maximum absolute atomic E-state index is 9.56. The molecule has 1 heterocycles. The van der Waals surface area contributed by atoms with Gasteiger partial charge in [0, 0.05) is 10.8 Å². The molecule has 0 aliphatic heterocycles.